The van der Waals surface area contributed by atoms with Gasteiger partial charge in [0.1, 0.15) is 0 Å². The van der Waals surface area contributed by atoms with E-state index in [2.05, 4.69) is 23.9 Å². The van der Waals surface area contributed by atoms with Gasteiger partial charge in [-0.2, -0.15) is 11.8 Å². The smallest absolute Gasteiger partial charge is 0.315 e. The van der Waals surface area contributed by atoms with E-state index >= 15 is 0 Å². The SMILES string of the molecule is CCCNC(C)CCCSCC(=O)OC. The number of esters is 1. The van der Waals surface area contributed by atoms with E-state index in [1.54, 1.807) is 11.8 Å². The third kappa shape index (κ3) is 10.1. The summed E-state index contributed by atoms with van der Waals surface area (Å²) in [5, 5.41) is 3.44. The van der Waals surface area contributed by atoms with Gasteiger partial charge in [-0.05, 0) is 38.5 Å². The molecule has 0 rings (SSSR count). The molecule has 0 fully saturated rings. The van der Waals surface area contributed by atoms with Gasteiger partial charge in [0.15, 0.2) is 0 Å². The fourth-order valence-electron chi connectivity index (χ4n) is 1.20. The zero-order chi connectivity index (χ0) is 11.5. The Labute approximate surface area is 97.3 Å². The van der Waals surface area contributed by atoms with Crippen molar-refractivity contribution in [1.82, 2.24) is 5.32 Å². The molecule has 0 aromatic heterocycles. The number of ether oxygens (including phenoxy) is 1. The molecule has 90 valence electrons. The van der Waals surface area contributed by atoms with Crippen molar-refractivity contribution in [3.05, 3.63) is 0 Å². The van der Waals surface area contributed by atoms with E-state index in [9.17, 15) is 4.79 Å². The lowest BCUT2D eigenvalue weighted by Gasteiger charge is -2.12. The number of nitrogens with one attached hydrogen (secondary N) is 1. The van der Waals surface area contributed by atoms with Crippen molar-refractivity contribution < 1.29 is 9.53 Å². The van der Waals surface area contributed by atoms with Crippen LogP contribution in [0.2, 0.25) is 0 Å². The molecule has 0 bridgehead atoms. The molecule has 0 saturated heterocycles. The lowest BCUT2D eigenvalue weighted by molar-refractivity contribution is -0.137. The summed E-state index contributed by atoms with van der Waals surface area (Å²) in [4.78, 5) is 10.8. The predicted molar refractivity (Wildman–Crippen MR) is 66.3 cm³/mol. The molecule has 0 spiro atoms. The Morgan fingerprint density at radius 1 is 1.53 bits per heavy atom. The zero-order valence-electron chi connectivity index (χ0n) is 10.0. The first-order valence-electron chi connectivity index (χ1n) is 5.58. The molecule has 0 aromatic carbocycles. The quantitative estimate of drug-likeness (QED) is 0.489. The molecule has 0 saturated carbocycles. The maximum atomic E-state index is 10.8. The monoisotopic (exact) mass is 233 g/mol. The fraction of sp³-hybridized carbons (Fsp3) is 0.909. The van der Waals surface area contributed by atoms with E-state index < -0.39 is 0 Å². The van der Waals surface area contributed by atoms with Crippen molar-refractivity contribution in [2.45, 2.75) is 39.2 Å². The normalized spacial score (nSPS) is 12.5. The standard InChI is InChI=1S/C11H23NO2S/c1-4-7-12-10(2)6-5-8-15-9-11(13)14-3/h10,12H,4-9H2,1-3H3. The second kappa shape index (κ2) is 10.3. The van der Waals surface area contributed by atoms with Crippen molar-refractivity contribution in [2.24, 2.45) is 0 Å². The first kappa shape index (κ1) is 14.8. The van der Waals surface area contributed by atoms with Crippen LogP contribution in [0.1, 0.15) is 33.1 Å². The molecule has 0 aliphatic carbocycles. The van der Waals surface area contributed by atoms with Gasteiger partial charge in [0, 0.05) is 6.04 Å². The second-order valence-electron chi connectivity index (χ2n) is 3.63. The predicted octanol–water partition coefficient (Wildman–Crippen LogP) is 2.06. The van der Waals surface area contributed by atoms with E-state index in [0.717, 1.165) is 18.7 Å². The average Bonchev–Trinajstić information content (AvgIpc) is 2.25. The molecule has 0 amide bonds. The molecule has 0 aliphatic heterocycles. The Bertz CT molecular complexity index is 165. The summed E-state index contributed by atoms with van der Waals surface area (Å²) in [7, 11) is 1.43. The lowest BCUT2D eigenvalue weighted by atomic mass is 10.2. The van der Waals surface area contributed by atoms with Gasteiger partial charge in [0.05, 0.1) is 12.9 Å². The van der Waals surface area contributed by atoms with Crippen molar-refractivity contribution in [3.8, 4) is 0 Å². The largest absolute Gasteiger partial charge is 0.468 e. The number of methoxy groups -OCH3 is 1. The Kier molecular flexibility index (Phi) is 10.2. The van der Waals surface area contributed by atoms with Crippen LogP contribution in [0.25, 0.3) is 0 Å². The van der Waals surface area contributed by atoms with Crippen molar-refractivity contribution in [3.63, 3.8) is 0 Å². The third-order valence-electron chi connectivity index (χ3n) is 2.12. The van der Waals surface area contributed by atoms with Gasteiger partial charge in [0.25, 0.3) is 0 Å². The van der Waals surface area contributed by atoms with Crippen LogP contribution in [0.5, 0.6) is 0 Å². The van der Waals surface area contributed by atoms with Crippen molar-refractivity contribution in [2.75, 3.05) is 25.2 Å². The van der Waals surface area contributed by atoms with E-state index in [1.165, 1.54) is 20.0 Å². The maximum absolute atomic E-state index is 10.8. The number of carbonyl (C=O) groups excluding carboxylic acids is 1. The topological polar surface area (TPSA) is 38.3 Å². The summed E-state index contributed by atoms with van der Waals surface area (Å²) in [5.41, 5.74) is 0. The van der Waals surface area contributed by atoms with Crippen LogP contribution < -0.4 is 5.32 Å². The molecule has 1 atom stereocenters. The minimum Gasteiger partial charge on any atom is -0.468 e. The van der Waals surface area contributed by atoms with Crippen LogP contribution >= 0.6 is 11.8 Å². The molecule has 0 aliphatic rings. The van der Waals surface area contributed by atoms with E-state index in [0.29, 0.717) is 11.8 Å². The second-order valence-corrected chi connectivity index (χ2v) is 4.73. The van der Waals surface area contributed by atoms with Gasteiger partial charge in [-0.25, -0.2) is 0 Å². The van der Waals surface area contributed by atoms with Crippen molar-refractivity contribution >= 4 is 17.7 Å². The Hall–Kier alpha value is -0.220. The number of hydrogen-bond acceptors (Lipinski definition) is 4. The minimum atomic E-state index is -0.128. The first-order chi connectivity index (χ1) is 7.20. The molecule has 1 unspecified atom stereocenters. The van der Waals surface area contributed by atoms with E-state index in [4.69, 9.17) is 0 Å². The highest BCUT2D eigenvalue weighted by molar-refractivity contribution is 7.99. The summed E-state index contributed by atoms with van der Waals surface area (Å²) < 4.78 is 4.56. The number of rotatable bonds is 9. The van der Waals surface area contributed by atoms with Crippen LogP contribution in [0.4, 0.5) is 0 Å². The number of carbonyl (C=O) groups is 1. The summed E-state index contributed by atoms with van der Waals surface area (Å²) in [6, 6.07) is 0.587. The van der Waals surface area contributed by atoms with Crippen LogP contribution in [-0.2, 0) is 9.53 Å². The van der Waals surface area contributed by atoms with E-state index in [1.807, 2.05) is 0 Å². The molecular weight excluding hydrogens is 210 g/mol. The highest BCUT2D eigenvalue weighted by atomic mass is 32.2. The van der Waals surface area contributed by atoms with Gasteiger partial charge < -0.3 is 10.1 Å². The molecule has 1 N–H and O–H groups in total. The van der Waals surface area contributed by atoms with Crippen LogP contribution in [0, 0.1) is 0 Å². The molecule has 15 heavy (non-hydrogen) atoms. The minimum absolute atomic E-state index is 0.128. The number of thioether (sulfide) groups is 1. The molecule has 0 heterocycles. The van der Waals surface area contributed by atoms with E-state index in [-0.39, 0.29) is 5.97 Å². The highest BCUT2D eigenvalue weighted by Gasteiger charge is 2.02. The van der Waals surface area contributed by atoms with Crippen LogP contribution in [-0.4, -0.2) is 37.2 Å². The van der Waals surface area contributed by atoms with Crippen molar-refractivity contribution in [1.29, 1.82) is 0 Å². The van der Waals surface area contributed by atoms with Crippen LogP contribution in [0.15, 0.2) is 0 Å². The Balaban J connectivity index is 3.19. The van der Waals surface area contributed by atoms with Gasteiger partial charge in [0.2, 0.25) is 0 Å². The maximum Gasteiger partial charge on any atom is 0.315 e. The van der Waals surface area contributed by atoms with Gasteiger partial charge in [-0.1, -0.05) is 6.92 Å². The molecule has 0 aromatic rings. The molecule has 3 nitrogen and oxygen atoms in total. The number of hydrogen-bond donors (Lipinski definition) is 1. The van der Waals surface area contributed by atoms with Gasteiger partial charge in [-0.3, -0.25) is 4.79 Å². The Morgan fingerprint density at radius 3 is 2.87 bits per heavy atom. The van der Waals surface area contributed by atoms with Crippen LogP contribution in [0.3, 0.4) is 0 Å². The highest BCUT2D eigenvalue weighted by Crippen LogP contribution is 2.06. The molecule has 4 heteroatoms. The van der Waals surface area contributed by atoms with Gasteiger partial charge in [-0.15, -0.1) is 0 Å². The molecule has 0 radical (unpaired) electrons. The summed E-state index contributed by atoms with van der Waals surface area (Å²) in [6.45, 7) is 5.48. The first-order valence-corrected chi connectivity index (χ1v) is 6.74. The fourth-order valence-corrected chi connectivity index (χ4v) is 2.00. The summed E-state index contributed by atoms with van der Waals surface area (Å²) in [6.07, 6.45) is 3.51. The third-order valence-corrected chi connectivity index (χ3v) is 3.13. The molecular formula is C11H23NO2S. The summed E-state index contributed by atoms with van der Waals surface area (Å²) in [5.74, 6) is 1.39. The van der Waals surface area contributed by atoms with Gasteiger partial charge >= 0.3 is 5.97 Å². The lowest BCUT2D eigenvalue weighted by Crippen LogP contribution is -2.26. The summed E-state index contributed by atoms with van der Waals surface area (Å²) >= 11 is 1.65. The Morgan fingerprint density at radius 2 is 2.27 bits per heavy atom. The average molecular weight is 233 g/mol. The zero-order valence-corrected chi connectivity index (χ0v) is 10.9.